The molecule has 2 rings (SSSR count). The second-order valence-corrected chi connectivity index (χ2v) is 5.53. The third-order valence-corrected chi connectivity index (χ3v) is 3.78. The van der Waals surface area contributed by atoms with Gasteiger partial charge < -0.3 is 9.47 Å². The van der Waals surface area contributed by atoms with Crippen LogP contribution in [0.15, 0.2) is 30.3 Å². The molecule has 0 unspecified atom stereocenters. The van der Waals surface area contributed by atoms with Crippen LogP contribution in [0.2, 0.25) is 0 Å². The quantitative estimate of drug-likeness (QED) is 0.440. The van der Waals surface area contributed by atoms with Crippen LogP contribution in [0.5, 0.6) is 5.75 Å². The highest BCUT2D eigenvalue weighted by Crippen LogP contribution is 2.14. The third-order valence-electron chi connectivity index (χ3n) is 3.78. The number of benzene rings is 1. The Balaban J connectivity index is 1.90. The molecule has 1 aromatic heterocycles. The van der Waals surface area contributed by atoms with Gasteiger partial charge in [-0.2, -0.15) is 5.10 Å². The van der Waals surface area contributed by atoms with Crippen LogP contribution >= 0.6 is 0 Å². The summed E-state index contributed by atoms with van der Waals surface area (Å²) in [6.07, 6.45) is 2.96. The molecule has 25 heavy (non-hydrogen) atoms. The Hall–Kier alpha value is -2.89. The zero-order chi connectivity index (χ0) is 18.4. The standard InChI is InChI=1S/C19H22N2O4/c1-5-24-16-8-6-15(7-9-16)18(22)12-25-19(23)11-10-17-13(2)20-21(4)14(17)3/h6-11H,5,12H2,1-4H3/b11-10+. The molecule has 0 aliphatic heterocycles. The smallest absolute Gasteiger partial charge is 0.331 e. The van der Waals surface area contributed by atoms with Crippen molar-refractivity contribution in [1.29, 1.82) is 0 Å². The normalized spacial score (nSPS) is 10.9. The van der Waals surface area contributed by atoms with Crippen LogP contribution in [-0.2, 0) is 16.6 Å². The number of hydrogen-bond donors (Lipinski definition) is 0. The van der Waals surface area contributed by atoms with E-state index >= 15 is 0 Å². The van der Waals surface area contributed by atoms with Crippen LogP contribution in [-0.4, -0.2) is 34.7 Å². The van der Waals surface area contributed by atoms with Crippen molar-refractivity contribution < 1.29 is 19.1 Å². The molecule has 0 bridgehead atoms. The Morgan fingerprint density at radius 1 is 1.20 bits per heavy atom. The summed E-state index contributed by atoms with van der Waals surface area (Å²) in [5, 5.41) is 4.27. The molecule has 0 spiro atoms. The molecular formula is C19H22N2O4. The first kappa shape index (κ1) is 18.4. The van der Waals surface area contributed by atoms with Gasteiger partial charge in [0.25, 0.3) is 0 Å². The molecule has 0 aliphatic carbocycles. The summed E-state index contributed by atoms with van der Waals surface area (Å²) in [7, 11) is 1.84. The van der Waals surface area contributed by atoms with Gasteiger partial charge >= 0.3 is 5.97 Å². The molecule has 0 saturated heterocycles. The molecule has 6 nitrogen and oxygen atoms in total. The van der Waals surface area contributed by atoms with Crippen molar-refractivity contribution in [3.05, 3.63) is 52.9 Å². The maximum Gasteiger partial charge on any atom is 0.331 e. The zero-order valence-electron chi connectivity index (χ0n) is 14.9. The molecule has 0 fully saturated rings. The highest BCUT2D eigenvalue weighted by atomic mass is 16.5. The number of hydrogen-bond acceptors (Lipinski definition) is 5. The highest BCUT2D eigenvalue weighted by Gasteiger charge is 2.10. The molecular weight excluding hydrogens is 320 g/mol. The fourth-order valence-corrected chi connectivity index (χ4v) is 2.35. The number of aromatic nitrogens is 2. The van der Waals surface area contributed by atoms with Gasteiger partial charge in [0.15, 0.2) is 12.4 Å². The van der Waals surface area contributed by atoms with Gasteiger partial charge in [-0.3, -0.25) is 9.48 Å². The first-order valence-corrected chi connectivity index (χ1v) is 8.03. The summed E-state index contributed by atoms with van der Waals surface area (Å²) in [6.45, 7) is 5.93. The lowest BCUT2D eigenvalue weighted by atomic mass is 10.1. The molecule has 6 heteroatoms. The van der Waals surface area contributed by atoms with Crippen molar-refractivity contribution in [2.45, 2.75) is 20.8 Å². The van der Waals surface area contributed by atoms with E-state index in [0.29, 0.717) is 17.9 Å². The van der Waals surface area contributed by atoms with Gasteiger partial charge in [0.05, 0.1) is 12.3 Å². The predicted octanol–water partition coefficient (Wildman–Crippen LogP) is 2.87. The Labute approximate surface area is 147 Å². The fraction of sp³-hybridized carbons (Fsp3) is 0.316. The minimum atomic E-state index is -0.568. The minimum Gasteiger partial charge on any atom is -0.494 e. The summed E-state index contributed by atoms with van der Waals surface area (Å²) >= 11 is 0. The number of carbonyl (C=O) groups excluding carboxylic acids is 2. The van der Waals surface area contributed by atoms with Gasteiger partial charge in [0.2, 0.25) is 0 Å². The van der Waals surface area contributed by atoms with Crippen molar-refractivity contribution >= 4 is 17.8 Å². The number of ether oxygens (including phenoxy) is 2. The van der Waals surface area contributed by atoms with E-state index in [0.717, 1.165) is 17.0 Å². The SMILES string of the molecule is CCOc1ccc(C(=O)COC(=O)/C=C/c2c(C)nn(C)c2C)cc1. The van der Waals surface area contributed by atoms with Crippen molar-refractivity contribution in [2.24, 2.45) is 7.05 Å². The first-order chi connectivity index (χ1) is 11.9. The maximum absolute atomic E-state index is 12.0. The molecule has 0 N–H and O–H groups in total. The Bertz CT molecular complexity index is 789. The minimum absolute atomic E-state index is 0.265. The van der Waals surface area contributed by atoms with Crippen LogP contribution < -0.4 is 4.74 Å². The fourth-order valence-electron chi connectivity index (χ4n) is 2.35. The zero-order valence-corrected chi connectivity index (χ0v) is 14.9. The van der Waals surface area contributed by atoms with Crippen molar-refractivity contribution in [2.75, 3.05) is 13.2 Å². The van der Waals surface area contributed by atoms with E-state index in [1.165, 1.54) is 6.08 Å². The molecule has 0 radical (unpaired) electrons. The summed E-state index contributed by atoms with van der Waals surface area (Å²) in [5.74, 6) is -0.137. The average molecular weight is 342 g/mol. The monoisotopic (exact) mass is 342 g/mol. The number of carbonyl (C=O) groups is 2. The van der Waals surface area contributed by atoms with Crippen LogP contribution in [0.3, 0.4) is 0 Å². The van der Waals surface area contributed by atoms with Gasteiger partial charge in [0, 0.05) is 29.9 Å². The van der Waals surface area contributed by atoms with Crippen LogP contribution in [0.25, 0.3) is 6.08 Å². The average Bonchev–Trinajstić information content (AvgIpc) is 2.84. The van der Waals surface area contributed by atoms with Gasteiger partial charge in [-0.25, -0.2) is 4.79 Å². The molecule has 1 heterocycles. The molecule has 2 aromatic rings. The largest absolute Gasteiger partial charge is 0.494 e. The molecule has 132 valence electrons. The number of esters is 1. The topological polar surface area (TPSA) is 70.4 Å². The third kappa shape index (κ3) is 4.79. The van der Waals surface area contributed by atoms with Crippen LogP contribution in [0, 0.1) is 13.8 Å². The van der Waals surface area contributed by atoms with Gasteiger partial charge in [-0.1, -0.05) is 0 Å². The Morgan fingerprint density at radius 3 is 2.44 bits per heavy atom. The number of aryl methyl sites for hydroxylation is 2. The van der Waals surface area contributed by atoms with Gasteiger partial charge in [-0.15, -0.1) is 0 Å². The lowest BCUT2D eigenvalue weighted by Gasteiger charge is -2.05. The van der Waals surface area contributed by atoms with Crippen molar-refractivity contribution in [3.8, 4) is 5.75 Å². The number of rotatable bonds is 7. The Morgan fingerprint density at radius 2 is 1.88 bits per heavy atom. The van der Waals surface area contributed by atoms with Crippen molar-refractivity contribution in [1.82, 2.24) is 9.78 Å². The van der Waals surface area contributed by atoms with Gasteiger partial charge in [0.1, 0.15) is 5.75 Å². The van der Waals surface area contributed by atoms with E-state index in [1.54, 1.807) is 35.0 Å². The maximum atomic E-state index is 12.0. The molecule has 0 atom stereocenters. The predicted molar refractivity (Wildman–Crippen MR) is 94.6 cm³/mol. The van der Waals surface area contributed by atoms with E-state index in [1.807, 2.05) is 27.8 Å². The molecule has 1 aromatic carbocycles. The van der Waals surface area contributed by atoms with E-state index in [2.05, 4.69) is 5.10 Å². The Kier molecular flexibility index (Phi) is 6.11. The molecule has 0 saturated carbocycles. The lowest BCUT2D eigenvalue weighted by molar-refractivity contribution is -0.136. The first-order valence-electron chi connectivity index (χ1n) is 8.03. The van der Waals surface area contributed by atoms with Crippen LogP contribution in [0.1, 0.15) is 34.2 Å². The summed E-state index contributed by atoms with van der Waals surface area (Å²) in [5.41, 5.74) is 3.12. The van der Waals surface area contributed by atoms with E-state index in [4.69, 9.17) is 9.47 Å². The lowest BCUT2D eigenvalue weighted by Crippen LogP contribution is -2.12. The number of nitrogens with zero attached hydrogens (tertiary/aromatic N) is 2. The summed E-state index contributed by atoms with van der Waals surface area (Å²) in [4.78, 5) is 23.9. The molecule has 0 aliphatic rings. The van der Waals surface area contributed by atoms with Crippen molar-refractivity contribution in [3.63, 3.8) is 0 Å². The highest BCUT2D eigenvalue weighted by molar-refractivity contribution is 5.99. The summed E-state index contributed by atoms with van der Waals surface area (Å²) < 4.78 is 12.1. The van der Waals surface area contributed by atoms with Gasteiger partial charge in [-0.05, 0) is 51.1 Å². The number of ketones is 1. The second-order valence-electron chi connectivity index (χ2n) is 5.53. The van der Waals surface area contributed by atoms with Crippen LogP contribution in [0.4, 0.5) is 0 Å². The van der Waals surface area contributed by atoms with E-state index in [-0.39, 0.29) is 12.4 Å². The second kappa shape index (κ2) is 8.28. The summed E-state index contributed by atoms with van der Waals surface area (Å²) in [6, 6.07) is 6.73. The molecule has 0 amide bonds. The number of Topliss-reactive ketones (excluding diaryl/α,β-unsaturated/α-hetero) is 1. The van der Waals surface area contributed by atoms with E-state index in [9.17, 15) is 9.59 Å². The van der Waals surface area contributed by atoms with E-state index < -0.39 is 5.97 Å².